The summed E-state index contributed by atoms with van der Waals surface area (Å²) in [5.74, 6) is 0.779. The summed E-state index contributed by atoms with van der Waals surface area (Å²) in [7, 11) is 5.28. The van der Waals surface area contributed by atoms with Gasteiger partial charge in [-0.1, -0.05) is 32.0 Å². The van der Waals surface area contributed by atoms with Crippen molar-refractivity contribution >= 4 is 23.2 Å². The van der Waals surface area contributed by atoms with Gasteiger partial charge in [0.2, 0.25) is 0 Å². The fraction of sp³-hybridized carbons (Fsp3) is 0.400. The number of nitrogens with zero attached hydrogens (tertiary/aromatic N) is 2. The number of thiophene rings is 1. The highest BCUT2D eigenvalue weighted by Gasteiger charge is 2.21. The van der Waals surface area contributed by atoms with E-state index < -0.39 is 0 Å². The average Bonchev–Trinajstić information content (AvgIpc) is 3.17. The second-order valence-corrected chi connectivity index (χ2v) is 7.98. The Morgan fingerprint density at radius 2 is 1.85 bits per heavy atom. The minimum Gasteiger partial charge on any atom is -0.356 e. The van der Waals surface area contributed by atoms with Crippen LogP contribution in [0.4, 0.5) is 0 Å². The summed E-state index contributed by atoms with van der Waals surface area (Å²) in [5, 5.41) is 8.83. The quantitative estimate of drug-likeness (QED) is 0.605. The van der Waals surface area contributed by atoms with Gasteiger partial charge in [-0.25, -0.2) is 0 Å². The first-order valence-corrected chi connectivity index (χ1v) is 9.50. The first-order chi connectivity index (χ1) is 12.3. The third-order valence-electron chi connectivity index (χ3n) is 4.18. The maximum atomic E-state index is 11.9. The Balaban J connectivity index is 1.88. The number of carbonyl (C=O) groups excluding carboxylic acids is 1. The first kappa shape index (κ1) is 20.0. The Kier molecular flexibility index (Phi) is 6.80. The third kappa shape index (κ3) is 5.33. The van der Waals surface area contributed by atoms with Gasteiger partial charge in [0.15, 0.2) is 5.96 Å². The molecule has 2 aromatic rings. The highest BCUT2D eigenvalue weighted by Crippen LogP contribution is 2.26. The molecule has 0 aliphatic carbocycles. The Morgan fingerprint density at radius 3 is 2.38 bits per heavy atom. The predicted molar refractivity (Wildman–Crippen MR) is 110 cm³/mol. The van der Waals surface area contributed by atoms with Crippen molar-refractivity contribution in [1.82, 2.24) is 15.5 Å². The lowest BCUT2D eigenvalue weighted by Gasteiger charge is -2.25. The summed E-state index contributed by atoms with van der Waals surface area (Å²) < 4.78 is 0. The van der Waals surface area contributed by atoms with E-state index in [9.17, 15) is 4.79 Å². The maximum Gasteiger partial charge on any atom is 0.253 e. The monoisotopic (exact) mass is 372 g/mol. The number of rotatable bonds is 6. The lowest BCUT2D eigenvalue weighted by molar-refractivity contribution is 0.0827. The Hall–Kier alpha value is -2.34. The fourth-order valence-corrected chi connectivity index (χ4v) is 3.34. The third-order valence-corrected chi connectivity index (χ3v) is 5.41. The van der Waals surface area contributed by atoms with E-state index in [0.29, 0.717) is 12.1 Å². The van der Waals surface area contributed by atoms with Gasteiger partial charge in [-0.2, -0.15) is 0 Å². The number of guanidine groups is 1. The Labute approximate surface area is 160 Å². The van der Waals surface area contributed by atoms with E-state index in [0.717, 1.165) is 18.1 Å². The molecule has 0 aliphatic rings. The summed E-state index contributed by atoms with van der Waals surface area (Å²) in [4.78, 5) is 19.1. The molecule has 0 aliphatic heterocycles. The summed E-state index contributed by atoms with van der Waals surface area (Å²) in [6.45, 7) is 5.89. The van der Waals surface area contributed by atoms with Gasteiger partial charge in [0.1, 0.15) is 0 Å². The molecule has 5 nitrogen and oxygen atoms in total. The van der Waals surface area contributed by atoms with E-state index >= 15 is 0 Å². The lowest BCUT2D eigenvalue weighted by atomic mass is 9.91. The van der Waals surface area contributed by atoms with E-state index in [4.69, 9.17) is 0 Å². The molecule has 0 unspecified atom stereocenters. The first-order valence-electron chi connectivity index (χ1n) is 8.62. The summed E-state index contributed by atoms with van der Waals surface area (Å²) in [5.41, 5.74) is 1.83. The summed E-state index contributed by atoms with van der Waals surface area (Å²) in [6.07, 6.45) is 0. The molecule has 0 bridgehead atoms. The standard InChI is InChI=1S/C20H28N4OS/c1-20(2,17-7-6-12-26-17)14-23-19(21-3)22-13-15-8-10-16(11-9-15)18(25)24(4)5/h6-12H,13-14H2,1-5H3,(H2,21,22,23). The molecule has 6 heteroatoms. The highest BCUT2D eigenvalue weighted by atomic mass is 32.1. The van der Waals surface area contributed by atoms with Gasteiger partial charge in [0, 0.05) is 50.1 Å². The molecule has 0 fully saturated rings. The number of hydrogen-bond donors (Lipinski definition) is 2. The molecule has 1 amide bonds. The van der Waals surface area contributed by atoms with Crippen molar-refractivity contribution < 1.29 is 4.79 Å². The molecular formula is C20H28N4OS. The van der Waals surface area contributed by atoms with Crippen LogP contribution in [0.15, 0.2) is 46.8 Å². The van der Waals surface area contributed by atoms with E-state index in [2.05, 4.69) is 47.0 Å². The second kappa shape index (κ2) is 8.85. The summed E-state index contributed by atoms with van der Waals surface area (Å²) >= 11 is 1.77. The molecule has 0 atom stereocenters. The van der Waals surface area contributed by atoms with Crippen LogP contribution in [0.1, 0.15) is 34.6 Å². The number of benzene rings is 1. The Morgan fingerprint density at radius 1 is 1.15 bits per heavy atom. The van der Waals surface area contributed by atoms with Crippen LogP contribution >= 0.6 is 11.3 Å². The van der Waals surface area contributed by atoms with E-state index in [1.807, 2.05) is 24.3 Å². The van der Waals surface area contributed by atoms with Crippen LogP contribution in [0.3, 0.4) is 0 Å². The van der Waals surface area contributed by atoms with E-state index in [1.165, 1.54) is 4.88 Å². The number of aliphatic imine (C=N–C) groups is 1. The van der Waals surface area contributed by atoms with E-state index in [-0.39, 0.29) is 11.3 Å². The van der Waals surface area contributed by atoms with Crippen LogP contribution in [0.25, 0.3) is 0 Å². The molecule has 140 valence electrons. The molecule has 1 aromatic carbocycles. The summed E-state index contributed by atoms with van der Waals surface area (Å²) in [6, 6.07) is 11.9. The van der Waals surface area contributed by atoms with Gasteiger partial charge in [-0.15, -0.1) is 11.3 Å². The lowest BCUT2D eigenvalue weighted by Crippen LogP contribution is -2.42. The molecule has 1 heterocycles. The zero-order chi connectivity index (χ0) is 19.2. The number of hydrogen-bond acceptors (Lipinski definition) is 3. The van der Waals surface area contributed by atoms with E-state index in [1.54, 1.807) is 37.4 Å². The van der Waals surface area contributed by atoms with Crippen molar-refractivity contribution in [3.63, 3.8) is 0 Å². The molecule has 2 rings (SSSR count). The maximum absolute atomic E-state index is 11.9. The van der Waals surface area contributed by atoms with Crippen molar-refractivity contribution in [2.45, 2.75) is 25.8 Å². The van der Waals surface area contributed by atoms with Crippen molar-refractivity contribution in [3.05, 3.63) is 57.8 Å². The van der Waals surface area contributed by atoms with Gasteiger partial charge in [0.25, 0.3) is 5.91 Å². The molecule has 26 heavy (non-hydrogen) atoms. The zero-order valence-corrected chi connectivity index (χ0v) is 17.0. The van der Waals surface area contributed by atoms with Crippen molar-refractivity contribution in [1.29, 1.82) is 0 Å². The Bertz CT molecular complexity index is 734. The van der Waals surface area contributed by atoms with Crippen LogP contribution in [0.2, 0.25) is 0 Å². The molecule has 2 N–H and O–H groups in total. The van der Waals surface area contributed by atoms with Gasteiger partial charge >= 0.3 is 0 Å². The van der Waals surface area contributed by atoms with Gasteiger partial charge in [0.05, 0.1) is 0 Å². The number of amides is 1. The van der Waals surface area contributed by atoms with Gasteiger partial charge in [-0.05, 0) is 29.1 Å². The minimum atomic E-state index is 0.0118. The molecule has 0 radical (unpaired) electrons. The van der Waals surface area contributed by atoms with Crippen LogP contribution in [-0.4, -0.2) is 44.5 Å². The fourth-order valence-electron chi connectivity index (χ4n) is 2.49. The molecule has 0 saturated carbocycles. The van der Waals surface area contributed by atoms with Crippen molar-refractivity contribution in [2.75, 3.05) is 27.7 Å². The largest absolute Gasteiger partial charge is 0.356 e. The predicted octanol–water partition coefficient (Wildman–Crippen LogP) is 3.09. The molecular weight excluding hydrogens is 344 g/mol. The molecule has 0 saturated heterocycles. The topological polar surface area (TPSA) is 56.7 Å². The van der Waals surface area contributed by atoms with Crippen LogP contribution in [-0.2, 0) is 12.0 Å². The molecule has 0 spiro atoms. The normalized spacial score (nSPS) is 12.0. The average molecular weight is 373 g/mol. The smallest absolute Gasteiger partial charge is 0.253 e. The van der Waals surface area contributed by atoms with Crippen molar-refractivity contribution in [3.8, 4) is 0 Å². The van der Waals surface area contributed by atoms with Gasteiger partial charge < -0.3 is 15.5 Å². The highest BCUT2D eigenvalue weighted by molar-refractivity contribution is 7.10. The number of nitrogens with one attached hydrogen (secondary N) is 2. The van der Waals surface area contributed by atoms with Gasteiger partial charge in [-0.3, -0.25) is 9.79 Å². The van der Waals surface area contributed by atoms with Crippen LogP contribution in [0.5, 0.6) is 0 Å². The van der Waals surface area contributed by atoms with Crippen molar-refractivity contribution in [2.24, 2.45) is 4.99 Å². The second-order valence-electron chi connectivity index (χ2n) is 7.04. The SMILES string of the molecule is CN=C(NCc1ccc(C(=O)N(C)C)cc1)NCC(C)(C)c1cccs1. The van der Waals surface area contributed by atoms with Crippen LogP contribution < -0.4 is 10.6 Å². The molecule has 1 aromatic heterocycles. The minimum absolute atomic E-state index is 0.0118. The van der Waals surface area contributed by atoms with Crippen LogP contribution in [0, 0.1) is 0 Å². The number of carbonyl (C=O) groups is 1. The zero-order valence-electron chi connectivity index (χ0n) is 16.2.